The Labute approximate surface area is 183 Å². The van der Waals surface area contributed by atoms with Gasteiger partial charge in [-0.05, 0) is 48.7 Å². The molecule has 0 fully saturated rings. The zero-order chi connectivity index (χ0) is 22.0. The van der Waals surface area contributed by atoms with Gasteiger partial charge in [-0.15, -0.1) is 11.3 Å². The Morgan fingerprint density at radius 3 is 2.77 bits per heavy atom. The van der Waals surface area contributed by atoms with Crippen molar-refractivity contribution >= 4 is 54.8 Å². The molecule has 3 aromatic rings. The Morgan fingerprint density at radius 1 is 1.16 bits per heavy atom. The highest BCUT2D eigenvalue weighted by Gasteiger charge is 2.29. The lowest BCUT2D eigenvalue weighted by Gasteiger charge is -2.04. The smallest absolute Gasteiger partial charge is 0.348 e. The molecule has 0 bridgehead atoms. The molecule has 4 rings (SSSR count). The summed E-state index contributed by atoms with van der Waals surface area (Å²) in [5.74, 6) is -0.370. The van der Waals surface area contributed by atoms with E-state index in [1.165, 1.54) is 17.4 Å². The van der Waals surface area contributed by atoms with E-state index in [4.69, 9.17) is 4.74 Å². The molecular formula is C21H19N3O5S2. The summed E-state index contributed by atoms with van der Waals surface area (Å²) in [5.41, 5.74) is 1.11. The van der Waals surface area contributed by atoms with Crippen LogP contribution in [0, 0.1) is 0 Å². The van der Waals surface area contributed by atoms with Gasteiger partial charge in [-0.2, -0.15) is 0 Å². The second-order valence-corrected chi connectivity index (χ2v) is 9.45. The van der Waals surface area contributed by atoms with E-state index in [1.807, 2.05) is 6.07 Å². The number of amidine groups is 1. The van der Waals surface area contributed by atoms with Crippen molar-refractivity contribution in [2.45, 2.75) is 18.2 Å². The quantitative estimate of drug-likeness (QED) is 0.552. The molecule has 0 radical (unpaired) electrons. The Balaban J connectivity index is 1.40. The van der Waals surface area contributed by atoms with E-state index < -0.39 is 10.0 Å². The molecule has 2 aromatic carbocycles. The number of nitrogens with one attached hydrogen (secondary N) is 2. The number of fused-ring (bicyclic) bond motifs is 2. The third-order valence-corrected chi connectivity index (χ3v) is 7.04. The second-order valence-electron chi connectivity index (χ2n) is 6.71. The summed E-state index contributed by atoms with van der Waals surface area (Å²) in [4.78, 5) is 29.1. The summed E-state index contributed by atoms with van der Waals surface area (Å²) in [6, 6.07) is 13.7. The van der Waals surface area contributed by atoms with Gasteiger partial charge in [0, 0.05) is 22.4 Å². The topological polar surface area (TPSA) is 114 Å². The van der Waals surface area contributed by atoms with Crippen molar-refractivity contribution in [3.8, 4) is 0 Å². The van der Waals surface area contributed by atoms with Crippen LogP contribution in [-0.2, 0) is 19.6 Å². The number of amides is 1. The minimum absolute atomic E-state index is 0.0865. The van der Waals surface area contributed by atoms with Crippen LogP contribution in [0.5, 0.6) is 0 Å². The van der Waals surface area contributed by atoms with E-state index in [1.54, 1.807) is 43.3 Å². The van der Waals surface area contributed by atoms with Crippen molar-refractivity contribution in [1.82, 2.24) is 4.72 Å². The van der Waals surface area contributed by atoms with Crippen LogP contribution < -0.4 is 10.0 Å². The number of esters is 1. The molecule has 1 amide bonds. The van der Waals surface area contributed by atoms with Gasteiger partial charge in [0.25, 0.3) is 10.0 Å². The molecule has 0 aliphatic carbocycles. The van der Waals surface area contributed by atoms with Crippen LogP contribution >= 0.6 is 11.3 Å². The Kier molecular flexibility index (Phi) is 5.75. The molecule has 0 unspecified atom stereocenters. The van der Waals surface area contributed by atoms with E-state index in [0.29, 0.717) is 22.7 Å². The zero-order valence-corrected chi connectivity index (χ0v) is 18.2. The van der Waals surface area contributed by atoms with E-state index in [-0.39, 0.29) is 35.6 Å². The maximum atomic E-state index is 12.3. The van der Waals surface area contributed by atoms with Crippen molar-refractivity contribution in [3.05, 3.63) is 59.0 Å². The fourth-order valence-electron chi connectivity index (χ4n) is 3.17. The number of carbonyl (C=O) groups is 2. The predicted octanol–water partition coefficient (Wildman–Crippen LogP) is 3.15. The van der Waals surface area contributed by atoms with Crippen LogP contribution in [0.4, 0.5) is 5.69 Å². The maximum Gasteiger partial charge on any atom is 0.348 e. The van der Waals surface area contributed by atoms with Crippen molar-refractivity contribution in [3.63, 3.8) is 0 Å². The van der Waals surface area contributed by atoms with Crippen molar-refractivity contribution < 1.29 is 22.7 Å². The average molecular weight is 458 g/mol. The predicted molar refractivity (Wildman–Crippen MR) is 119 cm³/mol. The number of aliphatic imine (C=N–C) groups is 1. The Hall–Kier alpha value is -3.24. The number of anilines is 1. The van der Waals surface area contributed by atoms with Crippen LogP contribution in [0.1, 0.15) is 28.6 Å². The largest absolute Gasteiger partial charge is 0.462 e. The molecular weight excluding hydrogens is 438 g/mol. The van der Waals surface area contributed by atoms with Crippen LogP contribution in [0.25, 0.3) is 10.1 Å². The van der Waals surface area contributed by atoms with Gasteiger partial charge in [-0.25, -0.2) is 13.2 Å². The summed E-state index contributed by atoms with van der Waals surface area (Å²) >= 11 is 1.33. The molecule has 31 heavy (non-hydrogen) atoms. The lowest BCUT2D eigenvalue weighted by molar-refractivity contribution is -0.116. The second kappa shape index (κ2) is 8.48. The van der Waals surface area contributed by atoms with Crippen LogP contribution in [0.2, 0.25) is 0 Å². The molecule has 1 aliphatic heterocycles. The molecule has 10 heteroatoms. The minimum atomic E-state index is -3.60. The molecule has 160 valence electrons. The summed E-state index contributed by atoms with van der Waals surface area (Å²) in [6.45, 7) is 2.20. The minimum Gasteiger partial charge on any atom is -0.462 e. The molecule has 2 N–H and O–H groups in total. The first-order valence-corrected chi connectivity index (χ1v) is 11.8. The molecule has 0 atom stereocenters. The van der Waals surface area contributed by atoms with Gasteiger partial charge in [0.1, 0.15) is 10.7 Å². The van der Waals surface area contributed by atoms with Crippen LogP contribution in [0.3, 0.4) is 0 Å². The van der Waals surface area contributed by atoms with Crippen LogP contribution in [-0.4, -0.2) is 39.3 Å². The maximum absolute atomic E-state index is 12.3. The van der Waals surface area contributed by atoms with E-state index in [2.05, 4.69) is 15.0 Å². The standard InChI is InChI=1S/C21H19N3O5S2/c1-2-29-21(26)17-12-13-11-14(7-8-16(13)30-17)23-19(25)9-10-22-20-15-5-3-4-6-18(15)31(27,28)24-20/h3-8,11-12H,2,9-10H2,1H3,(H,22,24)(H,23,25). The summed E-state index contributed by atoms with van der Waals surface area (Å²) in [5, 5.41) is 3.64. The van der Waals surface area contributed by atoms with Gasteiger partial charge in [0.15, 0.2) is 0 Å². The fourth-order valence-corrected chi connectivity index (χ4v) is 5.36. The highest BCUT2D eigenvalue weighted by molar-refractivity contribution is 7.90. The first kappa shape index (κ1) is 21.0. The number of rotatable bonds is 6. The number of hydrogen-bond acceptors (Lipinski definition) is 7. The van der Waals surface area contributed by atoms with Gasteiger partial charge < -0.3 is 10.1 Å². The summed E-state index contributed by atoms with van der Waals surface area (Å²) < 4.78 is 32.5. The van der Waals surface area contributed by atoms with E-state index in [0.717, 1.165) is 10.1 Å². The molecule has 0 saturated heterocycles. The fraction of sp³-hybridized carbons (Fsp3) is 0.190. The van der Waals surface area contributed by atoms with E-state index in [9.17, 15) is 18.0 Å². The number of nitrogens with zero attached hydrogens (tertiary/aromatic N) is 1. The molecule has 0 spiro atoms. The molecule has 0 saturated carbocycles. The highest BCUT2D eigenvalue weighted by atomic mass is 32.2. The van der Waals surface area contributed by atoms with Gasteiger partial charge in [0.2, 0.25) is 5.91 Å². The van der Waals surface area contributed by atoms with Crippen LogP contribution in [0.15, 0.2) is 58.4 Å². The molecule has 1 aliphatic rings. The average Bonchev–Trinajstić information content (AvgIpc) is 3.27. The SMILES string of the molecule is CCOC(=O)c1cc2cc(NC(=O)CCN=C3NS(=O)(=O)c4ccccc43)ccc2s1. The normalized spacial score (nSPS) is 15.5. The van der Waals surface area contributed by atoms with Crippen molar-refractivity contribution in [2.24, 2.45) is 4.99 Å². The Morgan fingerprint density at radius 2 is 1.97 bits per heavy atom. The zero-order valence-electron chi connectivity index (χ0n) is 16.5. The number of ether oxygens (including phenoxy) is 1. The first-order chi connectivity index (χ1) is 14.9. The lowest BCUT2D eigenvalue weighted by atomic mass is 10.2. The third-order valence-electron chi connectivity index (χ3n) is 4.55. The van der Waals surface area contributed by atoms with E-state index >= 15 is 0 Å². The molecule has 1 aromatic heterocycles. The number of sulfonamides is 1. The molecule has 2 heterocycles. The Bertz CT molecular complexity index is 1310. The van der Waals surface area contributed by atoms with Gasteiger partial charge in [-0.3, -0.25) is 14.5 Å². The molecule has 8 nitrogen and oxygen atoms in total. The lowest BCUT2D eigenvalue weighted by Crippen LogP contribution is -2.23. The van der Waals surface area contributed by atoms with Crippen molar-refractivity contribution in [2.75, 3.05) is 18.5 Å². The van der Waals surface area contributed by atoms with Gasteiger partial charge >= 0.3 is 5.97 Å². The van der Waals surface area contributed by atoms with Crippen molar-refractivity contribution in [1.29, 1.82) is 0 Å². The summed E-state index contributed by atoms with van der Waals surface area (Å²) in [6.07, 6.45) is 0.0865. The number of benzene rings is 2. The monoisotopic (exact) mass is 457 g/mol. The highest BCUT2D eigenvalue weighted by Crippen LogP contribution is 2.29. The summed E-state index contributed by atoms with van der Waals surface area (Å²) in [7, 11) is -3.60. The third kappa shape index (κ3) is 4.44. The first-order valence-electron chi connectivity index (χ1n) is 9.54. The van der Waals surface area contributed by atoms with Gasteiger partial charge in [0.05, 0.1) is 18.0 Å². The number of hydrogen-bond donors (Lipinski definition) is 2. The number of carbonyl (C=O) groups excluding carboxylic acids is 2. The number of thiophene rings is 1. The van der Waals surface area contributed by atoms with Gasteiger partial charge in [-0.1, -0.05) is 12.1 Å².